The number of aryl methyl sites for hydroxylation is 1. The van der Waals surface area contributed by atoms with Crippen LogP contribution in [0.4, 0.5) is 5.82 Å². The summed E-state index contributed by atoms with van der Waals surface area (Å²) < 4.78 is 4.83. The summed E-state index contributed by atoms with van der Waals surface area (Å²) in [5.41, 5.74) is 1.01. The van der Waals surface area contributed by atoms with Crippen LogP contribution in [0.1, 0.15) is 32.4 Å². The second kappa shape index (κ2) is 7.60. The molecule has 0 unspecified atom stereocenters. The van der Waals surface area contributed by atoms with Crippen molar-refractivity contribution in [2.24, 2.45) is 0 Å². The Labute approximate surface area is 102 Å². The maximum atomic E-state index is 11.1. The van der Waals surface area contributed by atoms with Crippen LogP contribution in [0.25, 0.3) is 0 Å². The first-order valence-corrected chi connectivity index (χ1v) is 5.96. The van der Waals surface area contributed by atoms with Crippen molar-refractivity contribution in [3.8, 4) is 0 Å². The Balaban J connectivity index is 2.35. The van der Waals surface area contributed by atoms with Crippen LogP contribution in [0, 0.1) is 0 Å². The van der Waals surface area contributed by atoms with Crippen LogP contribution in [0.3, 0.4) is 0 Å². The fourth-order valence-electron chi connectivity index (χ4n) is 1.41. The van der Waals surface area contributed by atoms with E-state index in [1.165, 1.54) is 6.33 Å². The number of ether oxygens (including phenoxy) is 1. The summed E-state index contributed by atoms with van der Waals surface area (Å²) in [5, 5.41) is 3.08. The summed E-state index contributed by atoms with van der Waals surface area (Å²) in [4.78, 5) is 19.4. The monoisotopic (exact) mass is 237 g/mol. The fraction of sp³-hybridized carbons (Fsp3) is 0.583. The third-order valence-electron chi connectivity index (χ3n) is 2.17. The van der Waals surface area contributed by atoms with E-state index in [0.29, 0.717) is 19.6 Å². The number of nitrogens with zero attached hydrogens (tertiary/aromatic N) is 2. The van der Waals surface area contributed by atoms with Crippen molar-refractivity contribution in [2.75, 3.05) is 18.5 Å². The van der Waals surface area contributed by atoms with Gasteiger partial charge in [0.15, 0.2) is 0 Å². The van der Waals surface area contributed by atoms with Crippen LogP contribution in [-0.4, -0.2) is 29.1 Å². The Bertz CT molecular complexity index is 355. The summed E-state index contributed by atoms with van der Waals surface area (Å²) in [6.45, 7) is 4.86. The zero-order valence-corrected chi connectivity index (χ0v) is 10.4. The lowest BCUT2D eigenvalue weighted by Gasteiger charge is -2.06. The number of nitrogens with one attached hydrogen (secondary N) is 1. The molecule has 0 saturated heterocycles. The zero-order valence-electron chi connectivity index (χ0n) is 10.4. The van der Waals surface area contributed by atoms with E-state index in [1.807, 2.05) is 6.07 Å². The molecular formula is C12H19N3O2. The number of esters is 1. The Hall–Kier alpha value is -1.65. The second-order valence-electron chi connectivity index (χ2n) is 3.63. The van der Waals surface area contributed by atoms with Gasteiger partial charge in [-0.2, -0.15) is 0 Å². The normalized spacial score (nSPS) is 10.0. The molecular weight excluding hydrogens is 218 g/mol. The van der Waals surface area contributed by atoms with Gasteiger partial charge < -0.3 is 10.1 Å². The molecule has 0 aromatic carbocycles. The number of carbonyl (C=O) groups is 1. The lowest BCUT2D eigenvalue weighted by molar-refractivity contribution is -0.142. The van der Waals surface area contributed by atoms with Crippen LogP contribution < -0.4 is 5.32 Å². The number of rotatable bonds is 7. The van der Waals surface area contributed by atoms with Crippen LogP contribution in [0.15, 0.2) is 12.4 Å². The Kier molecular flexibility index (Phi) is 5.99. The van der Waals surface area contributed by atoms with Crippen molar-refractivity contribution >= 4 is 11.8 Å². The second-order valence-corrected chi connectivity index (χ2v) is 3.63. The fourth-order valence-corrected chi connectivity index (χ4v) is 1.41. The van der Waals surface area contributed by atoms with Gasteiger partial charge in [-0.1, -0.05) is 13.3 Å². The number of hydrogen-bond acceptors (Lipinski definition) is 5. The summed E-state index contributed by atoms with van der Waals surface area (Å²) in [7, 11) is 0. The van der Waals surface area contributed by atoms with E-state index in [2.05, 4.69) is 22.2 Å². The van der Waals surface area contributed by atoms with E-state index in [4.69, 9.17) is 4.74 Å². The van der Waals surface area contributed by atoms with Crippen LogP contribution in [0.5, 0.6) is 0 Å². The van der Waals surface area contributed by atoms with Gasteiger partial charge in [-0.15, -0.1) is 0 Å². The van der Waals surface area contributed by atoms with Crippen molar-refractivity contribution in [3.63, 3.8) is 0 Å². The predicted octanol–water partition coefficient (Wildman–Crippen LogP) is 1.79. The zero-order chi connectivity index (χ0) is 12.5. The minimum atomic E-state index is -0.192. The number of carbonyl (C=O) groups excluding carboxylic acids is 1. The van der Waals surface area contributed by atoms with Crippen molar-refractivity contribution in [1.29, 1.82) is 0 Å². The first kappa shape index (κ1) is 13.4. The van der Waals surface area contributed by atoms with Gasteiger partial charge in [0.1, 0.15) is 12.1 Å². The Morgan fingerprint density at radius 3 is 2.94 bits per heavy atom. The Morgan fingerprint density at radius 1 is 1.41 bits per heavy atom. The molecule has 94 valence electrons. The first-order valence-electron chi connectivity index (χ1n) is 5.96. The SMILES string of the molecule is CCCc1cc(NCCC(=O)OCC)ncn1. The minimum Gasteiger partial charge on any atom is -0.466 e. The van der Waals surface area contributed by atoms with Gasteiger partial charge in [-0.3, -0.25) is 4.79 Å². The van der Waals surface area contributed by atoms with E-state index >= 15 is 0 Å². The topological polar surface area (TPSA) is 64.1 Å². The molecule has 5 nitrogen and oxygen atoms in total. The van der Waals surface area contributed by atoms with Crippen LogP contribution >= 0.6 is 0 Å². The molecule has 1 N–H and O–H groups in total. The van der Waals surface area contributed by atoms with E-state index in [-0.39, 0.29) is 5.97 Å². The summed E-state index contributed by atoms with van der Waals surface area (Å²) in [5.74, 6) is 0.565. The van der Waals surface area contributed by atoms with E-state index in [9.17, 15) is 4.79 Å². The maximum absolute atomic E-state index is 11.1. The molecule has 1 aromatic heterocycles. The van der Waals surface area contributed by atoms with Crippen LogP contribution in [-0.2, 0) is 16.0 Å². The number of anilines is 1. The van der Waals surface area contributed by atoms with Gasteiger partial charge in [-0.05, 0) is 13.3 Å². The molecule has 0 saturated carbocycles. The molecule has 1 heterocycles. The first-order chi connectivity index (χ1) is 8.26. The quantitative estimate of drug-likeness (QED) is 0.732. The molecule has 0 aliphatic heterocycles. The van der Waals surface area contributed by atoms with Gasteiger partial charge in [0.2, 0.25) is 0 Å². The molecule has 0 radical (unpaired) electrons. The largest absolute Gasteiger partial charge is 0.466 e. The van der Waals surface area contributed by atoms with Gasteiger partial charge in [0.05, 0.1) is 13.0 Å². The molecule has 0 aliphatic rings. The molecule has 0 amide bonds. The Morgan fingerprint density at radius 2 is 2.24 bits per heavy atom. The van der Waals surface area contributed by atoms with E-state index in [0.717, 1.165) is 24.4 Å². The average Bonchev–Trinajstić information content (AvgIpc) is 2.30. The highest BCUT2D eigenvalue weighted by Gasteiger charge is 2.02. The smallest absolute Gasteiger partial charge is 0.307 e. The molecule has 0 spiro atoms. The van der Waals surface area contributed by atoms with Crippen molar-refractivity contribution in [1.82, 2.24) is 9.97 Å². The van der Waals surface area contributed by atoms with Gasteiger partial charge in [-0.25, -0.2) is 9.97 Å². The highest BCUT2D eigenvalue weighted by atomic mass is 16.5. The minimum absolute atomic E-state index is 0.192. The molecule has 0 fully saturated rings. The molecule has 17 heavy (non-hydrogen) atoms. The van der Waals surface area contributed by atoms with Crippen molar-refractivity contribution in [2.45, 2.75) is 33.1 Å². The molecule has 0 aliphatic carbocycles. The summed E-state index contributed by atoms with van der Waals surface area (Å²) in [6.07, 6.45) is 3.88. The molecule has 1 aromatic rings. The highest BCUT2D eigenvalue weighted by molar-refractivity contribution is 5.69. The van der Waals surface area contributed by atoms with Crippen molar-refractivity contribution in [3.05, 3.63) is 18.1 Å². The number of aromatic nitrogens is 2. The molecule has 0 atom stereocenters. The van der Waals surface area contributed by atoms with E-state index < -0.39 is 0 Å². The lowest BCUT2D eigenvalue weighted by Crippen LogP contribution is -2.12. The lowest BCUT2D eigenvalue weighted by atomic mass is 10.2. The maximum Gasteiger partial charge on any atom is 0.307 e. The number of hydrogen-bond donors (Lipinski definition) is 1. The average molecular weight is 237 g/mol. The summed E-state index contributed by atoms with van der Waals surface area (Å²) in [6, 6.07) is 1.91. The molecule has 0 bridgehead atoms. The van der Waals surface area contributed by atoms with Gasteiger partial charge in [0.25, 0.3) is 0 Å². The summed E-state index contributed by atoms with van der Waals surface area (Å²) >= 11 is 0. The van der Waals surface area contributed by atoms with Gasteiger partial charge >= 0.3 is 5.97 Å². The van der Waals surface area contributed by atoms with Crippen molar-refractivity contribution < 1.29 is 9.53 Å². The standard InChI is InChI=1S/C12H19N3O2/c1-3-5-10-8-11(15-9-14-10)13-7-6-12(16)17-4-2/h8-9H,3-7H2,1-2H3,(H,13,14,15). The highest BCUT2D eigenvalue weighted by Crippen LogP contribution is 2.05. The third-order valence-corrected chi connectivity index (χ3v) is 2.17. The third kappa shape index (κ3) is 5.29. The predicted molar refractivity (Wildman–Crippen MR) is 65.8 cm³/mol. The molecule has 1 rings (SSSR count). The van der Waals surface area contributed by atoms with Crippen LogP contribution in [0.2, 0.25) is 0 Å². The van der Waals surface area contributed by atoms with E-state index in [1.54, 1.807) is 6.92 Å². The molecule has 5 heteroatoms. The van der Waals surface area contributed by atoms with Gasteiger partial charge in [0, 0.05) is 18.3 Å².